The molecule has 2 saturated carbocycles. The Labute approximate surface area is 249 Å². The number of alkyl carbamates (subject to hydrolysis) is 1. The molecule has 0 radical (unpaired) electrons. The first-order valence-electron chi connectivity index (χ1n) is 14.5. The van der Waals surface area contributed by atoms with Gasteiger partial charge in [0.15, 0.2) is 6.10 Å². The molecule has 0 unspecified atom stereocenters. The first-order valence-corrected chi connectivity index (χ1v) is 16.1. The molecule has 228 valence electrons. The van der Waals surface area contributed by atoms with E-state index in [0.29, 0.717) is 23.7 Å². The van der Waals surface area contributed by atoms with Gasteiger partial charge in [-0.1, -0.05) is 56.3 Å². The zero-order valence-electron chi connectivity index (χ0n) is 25.3. The molecule has 3 aliphatic rings. The fraction of sp³-hybridized carbons (Fsp3) is 0.562. The van der Waals surface area contributed by atoms with E-state index in [9.17, 15) is 18.0 Å². The third-order valence-corrected chi connectivity index (χ3v) is 11.5. The first-order chi connectivity index (χ1) is 19.7. The second-order valence-corrected chi connectivity index (χ2v) is 15.2. The van der Waals surface area contributed by atoms with E-state index in [4.69, 9.17) is 14.2 Å². The Bertz CT molecular complexity index is 1420. The first kappa shape index (κ1) is 30.4. The quantitative estimate of drug-likeness (QED) is 0.444. The highest BCUT2D eigenvalue weighted by Gasteiger charge is 2.72. The molecule has 3 fully saturated rings. The van der Waals surface area contributed by atoms with Gasteiger partial charge in [-0.2, -0.15) is 0 Å². The van der Waals surface area contributed by atoms with E-state index < -0.39 is 51.2 Å². The molecule has 1 aliphatic heterocycles. The van der Waals surface area contributed by atoms with Crippen LogP contribution in [0.3, 0.4) is 0 Å². The molecule has 2 aliphatic carbocycles. The standard InChI is InChI=1S/C32H42N2O7S/c1-30(2,3)41-29(36)33-26(22-10-8-7-9-11-22)27(40-19-21-12-14-24(39-6)15-13-21)28(35)34-25-18-23-16-17-32(25,31(23,4)5)20-42(34,37)38/h7-15,23,25-27H,16-20H2,1-6H3,(H,33,36)/t23-,25-,26-,27+,32-/m0/s1. The van der Waals surface area contributed by atoms with E-state index in [1.54, 1.807) is 64.3 Å². The summed E-state index contributed by atoms with van der Waals surface area (Å²) in [5.74, 6) is 0.295. The van der Waals surface area contributed by atoms with Crippen LogP contribution in [0.25, 0.3) is 0 Å². The molecular weight excluding hydrogens is 556 g/mol. The summed E-state index contributed by atoms with van der Waals surface area (Å²) >= 11 is 0. The summed E-state index contributed by atoms with van der Waals surface area (Å²) in [7, 11) is -2.35. The lowest BCUT2D eigenvalue weighted by molar-refractivity contribution is -0.144. The van der Waals surface area contributed by atoms with Gasteiger partial charge in [-0.15, -0.1) is 0 Å². The van der Waals surface area contributed by atoms with Crippen molar-refractivity contribution in [3.63, 3.8) is 0 Å². The summed E-state index contributed by atoms with van der Waals surface area (Å²) in [6, 6.07) is 14.7. The van der Waals surface area contributed by atoms with Crippen LogP contribution in [-0.2, 0) is 30.9 Å². The Morgan fingerprint density at radius 1 is 1.07 bits per heavy atom. The number of methoxy groups -OCH3 is 1. The van der Waals surface area contributed by atoms with Crippen molar-refractivity contribution >= 4 is 22.0 Å². The van der Waals surface area contributed by atoms with Crippen LogP contribution in [-0.4, -0.2) is 55.3 Å². The fourth-order valence-corrected chi connectivity index (χ4v) is 9.90. The van der Waals surface area contributed by atoms with E-state index >= 15 is 0 Å². The monoisotopic (exact) mass is 598 g/mol. The number of nitrogens with one attached hydrogen (secondary N) is 1. The maximum atomic E-state index is 14.6. The molecule has 2 aromatic rings. The maximum Gasteiger partial charge on any atom is 0.408 e. The van der Waals surface area contributed by atoms with Gasteiger partial charge in [0, 0.05) is 5.41 Å². The Hall–Kier alpha value is -3.11. The number of nitrogens with zero attached hydrogens (tertiary/aromatic N) is 1. The topological polar surface area (TPSA) is 111 Å². The van der Waals surface area contributed by atoms with Crippen molar-refractivity contribution in [3.8, 4) is 5.75 Å². The molecule has 10 heteroatoms. The van der Waals surface area contributed by atoms with Crippen LogP contribution < -0.4 is 10.1 Å². The number of hydrogen-bond donors (Lipinski definition) is 1. The molecule has 2 bridgehead atoms. The minimum absolute atomic E-state index is 0.0115. The van der Waals surface area contributed by atoms with Crippen LogP contribution in [0.1, 0.15) is 71.0 Å². The number of rotatable bonds is 8. The summed E-state index contributed by atoms with van der Waals surface area (Å²) in [6.07, 6.45) is 0.302. The SMILES string of the molecule is COc1ccc(CO[C@@H](C(=O)N2[C@H]3C[C@@H]4CC[C@@]3(CS2(=O)=O)C4(C)C)[C@@H](NC(=O)OC(C)(C)C)c2ccccc2)cc1. The Morgan fingerprint density at radius 2 is 1.74 bits per heavy atom. The smallest absolute Gasteiger partial charge is 0.408 e. The summed E-state index contributed by atoms with van der Waals surface area (Å²) in [5.41, 5.74) is -0.121. The molecule has 42 heavy (non-hydrogen) atoms. The maximum absolute atomic E-state index is 14.6. The van der Waals surface area contributed by atoms with Gasteiger partial charge >= 0.3 is 6.09 Å². The number of benzene rings is 2. The molecule has 0 aromatic heterocycles. The minimum Gasteiger partial charge on any atom is -0.497 e. The average Bonchev–Trinajstić information content (AvgIpc) is 3.40. The van der Waals surface area contributed by atoms with Crippen molar-refractivity contribution in [1.29, 1.82) is 0 Å². The number of carbonyl (C=O) groups excluding carboxylic acids is 2. The van der Waals surface area contributed by atoms with Crippen molar-refractivity contribution < 1.29 is 32.2 Å². The predicted octanol–water partition coefficient (Wildman–Crippen LogP) is 5.21. The van der Waals surface area contributed by atoms with Crippen LogP contribution in [0.15, 0.2) is 54.6 Å². The van der Waals surface area contributed by atoms with Gasteiger partial charge < -0.3 is 19.5 Å². The Kier molecular flexibility index (Phi) is 7.85. The third kappa shape index (κ3) is 5.39. The predicted molar refractivity (Wildman–Crippen MR) is 158 cm³/mol. The van der Waals surface area contributed by atoms with E-state index in [1.165, 1.54) is 0 Å². The normalized spacial score (nSPS) is 26.8. The fourth-order valence-electron chi connectivity index (χ4n) is 7.35. The van der Waals surface area contributed by atoms with Gasteiger partial charge in [0.2, 0.25) is 10.0 Å². The summed E-state index contributed by atoms with van der Waals surface area (Å²) < 4.78 is 45.9. The van der Waals surface area contributed by atoms with E-state index in [-0.39, 0.29) is 17.8 Å². The molecule has 2 amide bonds. The summed E-state index contributed by atoms with van der Waals surface area (Å²) in [6.45, 7) is 9.54. The number of carbonyl (C=O) groups is 2. The number of fused-ring (bicyclic) bond motifs is 1. The van der Waals surface area contributed by atoms with Gasteiger partial charge in [-0.05, 0) is 74.6 Å². The van der Waals surface area contributed by atoms with Crippen LogP contribution in [0.2, 0.25) is 0 Å². The second kappa shape index (κ2) is 10.9. The minimum atomic E-state index is -3.93. The van der Waals surface area contributed by atoms with Gasteiger partial charge in [0.05, 0.1) is 31.6 Å². The zero-order chi connectivity index (χ0) is 30.5. The second-order valence-electron chi connectivity index (χ2n) is 13.4. The Morgan fingerprint density at radius 3 is 2.33 bits per heavy atom. The van der Waals surface area contributed by atoms with Crippen LogP contribution in [0.4, 0.5) is 4.79 Å². The van der Waals surface area contributed by atoms with Gasteiger partial charge in [-0.25, -0.2) is 17.5 Å². The lowest BCUT2D eigenvalue weighted by Gasteiger charge is -2.38. The number of hydrogen-bond acceptors (Lipinski definition) is 7. The lowest BCUT2D eigenvalue weighted by Crippen LogP contribution is -2.52. The molecule has 1 spiro atoms. The molecule has 1 heterocycles. The lowest BCUT2D eigenvalue weighted by atomic mass is 9.69. The van der Waals surface area contributed by atoms with Crippen molar-refractivity contribution in [2.45, 2.75) is 84.3 Å². The average molecular weight is 599 g/mol. The molecule has 5 rings (SSSR count). The summed E-state index contributed by atoms with van der Waals surface area (Å²) in [5, 5.41) is 2.84. The van der Waals surface area contributed by atoms with E-state index in [1.807, 2.05) is 18.2 Å². The van der Waals surface area contributed by atoms with Gasteiger partial charge in [0.1, 0.15) is 11.4 Å². The highest BCUT2D eigenvalue weighted by atomic mass is 32.2. The zero-order valence-corrected chi connectivity index (χ0v) is 26.1. The van der Waals surface area contributed by atoms with Gasteiger partial charge in [-0.3, -0.25) is 4.79 Å². The van der Waals surface area contributed by atoms with Crippen molar-refractivity contribution in [2.75, 3.05) is 12.9 Å². The van der Waals surface area contributed by atoms with E-state index in [0.717, 1.165) is 22.7 Å². The number of amides is 2. The Balaban J connectivity index is 1.53. The summed E-state index contributed by atoms with van der Waals surface area (Å²) in [4.78, 5) is 27.7. The molecule has 5 atom stereocenters. The highest BCUT2D eigenvalue weighted by Crippen LogP contribution is 2.70. The van der Waals surface area contributed by atoms with E-state index in [2.05, 4.69) is 19.2 Å². The number of sulfonamides is 1. The third-order valence-electron chi connectivity index (χ3n) is 9.59. The van der Waals surface area contributed by atoms with Crippen molar-refractivity contribution in [1.82, 2.24) is 9.62 Å². The molecule has 1 saturated heterocycles. The van der Waals surface area contributed by atoms with Crippen molar-refractivity contribution in [2.24, 2.45) is 16.7 Å². The van der Waals surface area contributed by atoms with Crippen LogP contribution in [0, 0.1) is 16.7 Å². The molecule has 2 aromatic carbocycles. The molecule has 9 nitrogen and oxygen atoms in total. The van der Waals surface area contributed by atoms with Crippen LogP contribution >= 0.6 is 0 Å². The van der Waals surface area contributed by atoms with Crippen LogP contribution in [0.5, 0.6) is 5.75 Å². The van der Waals surface area contributed by atoms with Crippen molar-refractivity contribution in [3.05, 3.63) is 65.7 Å². The molecule has 1 N–H and O–H groups in total. The largest absolute Gasteiger partial charge is 0.497 e. The van der Waals surface area contributed by atoms with Gasteiger partial charge in [0.25, 0.3) is 5.91 Å². The highest BCUT2D eigenvalue weighted by molar-refractivity contribution is 7.90. The molecular formula is C32H42N2O7S. The number of ether oxygens (including phenoxy) is 3.